The van der Waals surface area contributed by atoms with Crippen LogP contribution in [0.5, 0.6) is 0 Å². The standard InChI is InChI=1S/C15H24N6O4/c1-3-7-9-14(20-11(16)19-9)15(23,24)8(6-21(14)12(17)18-7)25-10(22)13(2)4-5-13/h7-9,23-24H,3-6H2,1-2H3,(H5,16,17,18,19,20)/p+1/t7-,8-,9-,14-/m0/s1. The van der Waals surface area contributed by atoms with E-state index in [9.17, 15) is 15.0 Å². The van der Waals surface area contributed by atoms with Crippen LogP contribution in [0.25, 0.3) is 0 Å². The van der Waals surface area contributed by atoms with E-state index in [1.165, 1.54) is 0 Å². The molecule has 0 amide bonds. The monoisotopic (exact) mass is 353 g/mol. The fourth-order valence-electron chi connectivity index (χ4n) is 4.09. The number of hydrogen-bond acceptors (Lipinski definition) is 9. The number of carbonyl (C=O) groups is 1. The van der Waals surface area contributed by atoms with Gasteiger partial charge in [0, 0.05) is 0 Å². The maximum absolute atomic E-state index is 12.3. The maximum atomic E-state index is 12.3. The average Bonchev–Trinajstić information content (AvgIpc) is 3.13. The topological polar surface area (TPSA) is 158 Å². The first-order chi connectivity index (χ1) is 11.7. The van der Waals surface area contributed by atoms with Crippen molar-refractivity contribution in [1.29, 1.82) is 0 Å². The predicted octanol–water partition coefficient (Wildman–Crippen LogP) is -2.92. The molecule has 3 aliphatic heterocycles. The van der Waals surface area contributed by atoms with Crippen molar-refractivity contribution in [2.75, 3.05) is 6.54 Å². The van der Waals surface area contributed by atoms with Crippen LogP contribution in [0.1, 0.15) is 33.1 Å². The van der Waals surface area contributed by atoms with Crippen LogP contribution >= 0.6 is 0 Å². The summed E-state index contributed by atoms with van der Waals surface area (Å²) >= 11 is 0. The molecule has 0 aromatic heterocycles. The Hall–Kier alpha value is -2.07. The number of ether oxygens (including phenoxy) is 1. The molecule has 4 atom stereocenters. The second-order valence-electron chi connectivity index (χ2n) is 7.69. The number of nitrogens with two attached hydrogens (primary N) is 2. The van der Waals surface area contributed by atoms with Gasteiger partial charge in [0.05, 0.1) is 5.41 Å². The molecule has 4 aliphatic rings. The van der Waals surface area contributed by atoms with E-state index < -0.39 is 35.0 Å². The minimum absolute atomic E-state index is 0.0242. The molecular formula is C15H25N6O4+. The zero-order valence-electron chi connectivity index (χ0n) is 14.3. The summed E-state index contributed by atoms with van der Waals surface area (Å²) < 4.78 is 7.05. The Morgan fingerprint density at radius 3 is 2.72 bits per heavy atom. The van der Waals surface area contributed by atoms with Crippen LogP contribution in [0.4, 0.5) is 0 Å². The Bertz CT molecular complexity index is 700. The number of guanidine groups is 2. The highest BCUT2D eigenvalue weighted by Gasteiger charge is 2.76. The summed E-state index contributed by atoms with van der Waals surface area (Å²) in [5.41, 5.74) is 9.99. The van der Waals surface area contributed by atoms with Crippen molar-refractivity contribution in [3.05, 3.63) is 0 Å². The average molecular weight is 353 g/mol. The third-order valence-corrected chi connectivity index (χ3v) is 6.00. The minimum atomic E-state index is -2.41. The summed E-state index contributed by atoms with van der Waals surface area (Å²) in [7, 11) is 0. The van der Waals surface area contributed by atoms with Gasteiger partial charge in [-0.2, -0.15) is 0 Å². The van der Waals surface area contributed by atoms with Crippen LogP contribution in [-0.2, 0) is 9.53 Å². The van der Waals surface area contributed by atoms with Gasteiger partial charge < -0.3 is 26.0 Å². The fourth-order valence-corrected chi connectivity index (χ4v) is 4.09. The summed E-state index contributed by atoms with van der Waals surface area (Å²) in [5.74, 6) is -2.48. The van der Waals surface area contributed by atoms with Gasteiger partial charge in [-0.25, -0.2) is 9.57 Å². The highest BCUT2D eigenvalue weighted by Crippen LogP contribution is 2.48. The Labute approximate surface area is 144 Å². The number of aliphatic imine (C=N–C) groups is 1. The summed E-state index contributed by atoms with van der Waals surface area (Å²) in [6, 6.07) is -0.834. The number of rotatable bonds is 3. The second kappa shape index (κ2) is 4.76. The molecule has 0 bridgehead atoms. The van der Waals surface area contributed by atoms with Gasteiger partial charge in [-0.15, -0.1) is 0 Å². The Morgan fingerprint density at radius 1 is 1.44 bits per heavy atom. The Morgan fingerprint density at radius 2 is 2.12 bits per heavy atom. The number of esters is 1. The second-order valence-corrected chi connectivity index (χ2v) is 7.69. The zero-order valence-corrected chi connectivity index (χ0v) is 14.3. The molecule has 25 heavy (non-hydrogen) atoms. The zero-order chi connectivity index (χ0) is 18.2. The summed E-state index contributed by atoms with van der Waals surface area (Å²) in [6.45, 7) is 3.77. The van der Waals surface area contributed by atoms with E-state index in [1.54, 1.807) is 11.5 Å². The van der Waals surface area contributed by atoms with Gasteiger partial charge in [-0.05, 0) is 26.2 Å². The molecule has 2 fully saturated rings. The third-order valence-electron chi connectivity index (χ3n) is 6.00. The first kappa shape index (κ1) is 16.4. The van der Waals surface area contributed by atoms with Gasteiger partial charge in [-0.1, -0.05) is 6.92 Å². The van der Waals surface area contributed by atoms with E-state index in [0.29, 0.717) is 6.42 Å². The highest BCUT2D eigenvalue weighted by molar-refractivity contribution is 5.83. The molecular weight excluding hydrogens is 328 g/mol. The largest absolute Gasteiger partial charge is 0.453 e. The minimum Gasteiger partial charge on any atom is -0.453 e. The lowest BCUT2D eigenvalue weighted by atomic mass is 9.85. The number of hydrogen-bond donors (Lipinski definition) is 6. The number of nitrogens with zero attached hydrogens (tertiary/aromatic N) is 2. The van der Waals surface area contributed by atoms with Crippen LogP contribution in [-0.4, -0.2) is 68.9 Å². The number of carbonyl (C=O) groups excluding carboxylic acids is 1. The molecule has 0 aromatic rings. The summed E-state index contributed by atoms with van der Waals surface area (Å²) in [4.78, 5) is 16.7. The van der Waals surface area contributed by atoms with Gasteiger partial charge >= 0.3 is 11.9 Å². The lowest BCUT2D eigenvalue weighted by molar-refractivity contribution is -0.623. The van der Waals surface area contributed by atoms with Crippen molar-refractivity contribution in [2.45, 2.75) is 62.7 Å². The molecule has 1 aliphatic carbocycles. The SMILES string of the molecule is CC[C@@H]1NC(N)=[N+]2C[C@H](OC(=O)C3(C)CC3)C(O)(O)[C@@]23NC(N)=N[C@@H]13. The number of aliphatic hydroxyl groups is 2. The first-order valence-electron chi connectivity index (χ1n) is 8.59. The molecule has 0 radical (unpaired) electrons. The molecule has 10 nitrogen and oxygen atoms in total. The van der Waals surface area contributed by atoms with Crippen molar-refractivity contribution < 1.29 is 24.3 Å². The molecule has 1 spiro atoms. The normalized spacial score (nSPS) is 39.7. The van der Waals surface area contributed by atoms with Crippen LogP contribution in [0.15, 0.2) is 4.99 Å². The highest BCUT2D eigenvalue weighted by atomic mass is 16.6. The van der Waals surface area contributed by atoms with Crippen molar-refractivity contribution in [1.82, 2.24) is 10.6 Å². The maximum Gasteiger partial charge on any atom is 0.346 e. The first-order valence-corrected chi connectivity index (χ1v) is 8.59. The summed E-state index contributed by atoms with van der Waals surface area (Å²) in [5, 5.41) is 28.1. The van der Waals surface area contributed by atoms with E-state index >= 15 is 0 Å². The van der Waals surface area contributed by atoms with E-state index in [4.69, 9.17) is 16.2 Å². The van der Waals surface area contributed by atoms with Crippen LogP contribution in [0.3, 0.4) is 0 Å². The van der Waals surface area contributed by atoms with Crippen LogP contribution in [0.2, 0.25) is 0 Å². The molecule has 0 unspecified atom stereocenters. The van der Waals surface area contributed by atoms with Crippen molar-refractivity contribution in [2.24, 2.45) is 21.9 Å². The van der Waals surface area contributed by atoms with Crippen LogP contribution in [0, 0.1) is 5.41 Å². The number of nitrogens with one attached hydrogen (secondary N) is 2. The molecule has 10 heteroatoms. The van der Waals surface area contributed by atoms with Crippen molar-refractivity contribution in [3.63, 3.8) is 0 Å². The van der Waals surface area contributed by atoms with E-state index in [0.717, 1.165) is 12.8 Å². The predicted molar refractivity (Wildman–Crippen MR) is 87.2 cm³/mol. The quantitative estimate of drug-likeness (QED) is 0.179. The molecule has 8 N–H and O–H groups in total. The fraction of sp³-hybridized carbons (Fsp3) is 0.800. The van der Waals surface area contributed by atoms with Crippen molar-refractivity contribution in [3.8, 4) is 0 Å². The van der Waals surface area contributed by atoms with E-state index in [1.807, 2.05) is 6.92 Å². The summed E-state index contributed by atoms with van der Waals surface area (Å²) in [6.07, 6.45) is 0.950. The van der Waals surface area contributed by atoms with E-state index in [2.05, 4.69) is 15.6 Å². The molecule has 138 valence electrons. The van der Waals surface area contributed by atoms with Gasteiger partial charge in [0.15, 0.2) is 12.1 Å². The van der Waals surface area contributed by atoms with Gasteiger partial charge in [0.1, 0.15) is 18.6 Å². The van der Waals surface area contributed by atoms with Crippen molar-refractivity contribution >= 4 is 17.9 Å². The van der Waals surface area contributed by atoms with Gasteiger partial charge in [0.2, 0.25) is 5.66 Å². The molecule has 3 heterocycles. The Balaban J connectivity index is 1.74. The van der Waals surface area contributed by atoms with E-state index in [-0.39, 0.29) is 24.5 Å². The molecule has 1 saturated heterocycles. The molecule has 1 saturated carbocycles. The van der Waals surface area contributed by atoms with Gasteiger partial charge in [-0.3, -0.25) is 15.8 Å². The lowest BCUT2D eigenvalue weighted by Crippen LogP contribution is -2.78. The smallest absolute Gasteiger partial charge is 0.346 e. The van der Waals surface area contributed by atoms with Gasteiger partial charge in [0.25, 0.3) is 5.79 Å². The molecule has 4 rings (SSSR count). The molecule has 0 aromatic carbocycles. The lowest BCUT2D eigenvalue weighted by Gasteiger charge is -2.43. The Kier molecular flexibility index (Phi) is 3.12. The third kappa shape index (κ3) is 1.94. The van der Waals surface area contributed by atoms with Crippen LogP contribution < -0.4 is 22.1 Å².